The highest BCUT2D eigenvalue weighted by molar-refractivity contribution is 5.81. The lowest BCUT2D eigenvalue weighted by Crippen LogP contribution is -2.37. The molecule has 23 heavy (non-hydrogen) atoms. The van der Waals surface area contributed by atoms with Gasteiger partial charge >= 0.3 is 0 Å². The molecule has 0 unspecified atom stereocenters. The SMILES string of the molecule is CCN1CCN=C1NCc1ccccc1COc1ccccc1. The number of para-hydroxylation sites is 1. The lowest BCUT2D eigenvalue weighted by molar-refractivity contribution is 0.305. The molecular formula is C19H23N3O. The molecule has 3 rings (SSSR count). The number of ether oxygens (including phenoxy) is 1. The molecule has 2 aromatic rings. The third kappa shape index (κ3) is 4.03. The summed E-state index contributed by atoms with van der Waals surface area (Å²) in [7, 11) is 0. The first-order valence-corrected chi connectivity index (χ1v) is 8.14. The van der Waals surface area contributed by atoms with Gasteiger partial charge in [-0.25, -0.2) is 0 Å². The Morgan fingerprint density at radius 1 is 1.04 bits per heavy atom. The van der Waals surface area contributed by atoms with Crippen LogP contribution in [0.1, 0.15) is 18.1 Å². The normalized spacial score (nSPS) is 13.8. The minimum Gasteiger partial charge on any atom is -0.489 e. The van der Waals surface area contributed by atoms with E-state index in [-0.39, 0.29) is 0 Å². The maximum absolute atomic E-state index is 5.88. The van der Waals surface area contributed by atoms with Crippen LogP contribution >= 0.6 is 0 Å². The summed E-state index contributed by atoms with van der Waals surface area (Å²) in [4.78, 5) is 6.79. The minimum absolute atomic E-state index is 0.575. The van der Waals surface area contributed by atoms with Crippen LogP contribution in [0.15, 0.2) is 59.6 Å². The zero-order chi connectivity index (χ0) is 15.9. The van der Waals surface area contributed by atoms with E-state index in [2.05, 4.69) is 46.4 Å². The van der Waals surface area contributed by atoms with Gasteiger partial charge in [0.05, 0.1) is 6.54 Å². The Morgan fingerprint density at radius 3 is 2.57 bits per heavy atom. The van der Waals surface area contributed by atoms with Crippen molar-refractivity contribution in [1.82, 2.24) is 10.2 Å². The first-order valence-electron chi connectivity index (χ1n) is 8.14. The number of benzene rings is 2. The van der Waals surface area contributed by atoms with Gasteiger partial charge in [0.15, 0.2) is 5.96 Å². The van der Waals surface area contributed by atoms with Crippen molar-refractivity contribution in [3.8, 4) is 5.75 Å². The van der Waals surface area contributed by atoms with Crippen LogP contribution < -0.4 is 10.1 Å². The summed E-state index contributed by atoms with van der Waals surface area (Å²) in [5, 5.41) is 3.46. The van der Waals surface area contributed by atoms with E-state index in [4.69, 9.17) is 4.74 Å². The van der Waals surface area contributed by atoms with Crippen molar-refractivity contribution in [3.05, 3.63) is 65.7 Å². The molecule has 1 aliphatic rings. The zero-order valence-corrected chi connectivity index (χ0v) is 13.5. The van der Waals surface area contributed by atoms with Gasteiger partial charge in [0.1, 0.15) is 12.4 Å². The van der Waals surface area contributed by atoms with Crippen molar-refractivity contribution >= 4 is 5.96 Å². The molecule has 1 heterocycles. The van der Waals surface area contributed by atoms with Gasteiger partial charge in [-0.1, -0.05) is 42.5 Å². The molecule has 0 atom stereocenters. The molecular weight excluding hydrogens is 286 g/mol. The summed E-state index contributed by atoms with van der Waals surface area (Å²) in [5.41, 5.74) is 2.44. The molecule has 0 bridgehead atoms. The Labute approximate surface area is 137 Å². The monoisotopic (exact) mass is 309 g/mol. The fourth-order valence-electron chi connectivity index (χ4n) is 2.68. The lowest BCUT2D eigenvalue weighted by atomic mass is 10.1. The molecule has 0 saturated heterocycles. The van der Waals surface area contributed by atoms with Crippen LogP contribution in [-0.4, -0.2) is 30.5 Å². The number of nitrogens with one attached hydrogen (secondary N) is 1. The summed E-state index contributed by atoms with van der Waals surface area (Å²) >= 11 is 0. The molecule has 0 aliphatic carbocycles. The standard InChI is InChI=1S/C19H23N3O/c1-2-22-13-12-20-19(22)21-14-16-8-6-7-9-17(16)15-23-18-10-4-3-5-11-18/h3-11H,2,12-15H2,1H3,(H,20,21). The Morgan fingerprint density at radius 2 is 1.78 bits per heavy atom. The predicted molar refractivity (Wildman–Crippen MR) is 93.6 cm³/mol. The van der Waals surface area contributed by atoms with Crippen LogP contribution in [0.2, 0.25) is 0 Å². The summed E-state index contributed by atoms with van der Waals surface area (Å²) in [5.74, 6) is 1.90. The Balaban J connectivity index is 1.61. The van der Waals surface area contributed by atoms with Gasteiger partial charge in [0.25, 0.3) is 0 Å². The number of hydrogen-bond acceptors (Lipinski definition) is 4. The number of likely N-dealkylation sites (N-methyl/N-ethyl adjacent to an activating group) is 1. The molecule has 0 amide bonds. The van der Waals surface area contributed by atoms with E-state index in [0.29, 0.717) is 6.61 Å². The first kappa shape index (κ1) is 15.4. The molecule has 4 nitrogen and oxygen atoms in total. The van der Waals surface area contributed by atoms with Gasteiger partial charge in [-0.2, -0.15) is 0 Å². The van der Waals surface area contributed by atoms with Crippen molar-refractivity contribution < 1.29 is 4.74 Å². The fraction of sp³-hybridized carbons (Fsp3) is 0.316. The van der Waals surface area contributed by atoms with Crippen LogP contribution in [0.25, 0.3) is 0 Å². The van der Waals surface area contributed by atoms with Crippen molar-refractivity contribution in [2.24, 2.45) is 4.99 Å². The van der Waals surface area contributed by atoms with Crippen LogP contribution in [0, 0.1) is 0 Å². The van der Waals surface area contributed by atoms with E-state index in [1.165, 1.54) is 11.1 Å². The van der Waals surface area contributed by atoms with Gasteiger partial charge < -0.3 is 15.0 Å². The Bertz CT molecular complexity index is 655. The van der Waals surface area contributed by atoms with E-state index in [9.17, 15) is 0 Å². The topological polar surface area (TPSA) is 36.9 Å². The highest BCUT2D eigenvalue weighted by Crippen LogP contribution is 2.15. The smallest absolute Gasteiger partial charge is 0.194 e. The van der Waals surface area contributed by atoms with Crippen LogP contribution in [0.3, 0.4) is 0 Å². The van der Waals surface area contributed by atoms with Gasteiger partial charge in [0, 0.05) is 19.6 Å². The second kappa shape index (κ2) is 7.68. The van der Waals surface area contributed by atoms with E-state index >= 15 is 0 Å². The Hall–Kier alpha value is -2.49. The summed E-state index contributed by atoms with van der Waals surface area (Å²) < 4.78 is 5.88. The van der Waals surface area contributed by atoms with Gasteiger partial charge in [-0.3, -0.25) is 4.99 Å². The molecule has 0 fully saturated rings. The van der Waals surface area contributed by atoms with Gasteiger partial charge in [-0.05, 0) is 30.2 Å². The van der Waals surface area contributed by atoms with Gasteiger partial charge in [0.2, 0.25) is 0 Å². The van der Waals surface area contributed by atoms with Crippen LogP contribution in [0.5, 0.6) is 5.75 Å². The number of guanidine groups is 1. The third-order valence-corrected chi connectivity index (χ3v) is 4.01. The summed E-state index contributed by atoms with van der Waals surface area (Å²) in [6.45, 7) is 6.39. The van der Waals surface area contributed by atoms with E-state index < -0.39 is 0 Å². The van der Waals surface area contributed by atoms with E-state index in [1.54, 1.807) is 0 Å². The number of nitrogens with zero attached hydrogens (tertiary/aromatic N) is 2. The highest BCUT2D eigenvalue weighted by Gasteiger charge is 2.14. The fourth-order valence-corrected chi connectivity index (χ4v) is 2.68. The predicted octanol–water partition coefficient (Wildman–Crippen LogP) is 3.05. The molecule has 1 aliphatic heterocycles. The Kier molecular flexibility index (Phi) is 5.14. The number of aliphatic imine (C=N–C) groups is 1. The van der Waals surface area contributed by atoms with Crippen LogP contribution in [-0.2, 0) is 13.2 Å². The van der Waals surface area contributed by atoms with E-state index in [0.717, 1.165) is 37.9 Å². The largest absolute Gasteiger partial charge is 0.489 e. The molecule has 2 aromatic carbocycles. The van der Waals surface area contributed by atoms with Crippen LogP contribution in [0.4, 0.5) is 0 Å². The second-order valence-corrected chi connectivity index (χ2v) is 5.51. The van der Waals surface area contributed by atoms with Crippen molar-refractivity contribution in [2.45, 2.75) is 20.1 Å². The molecule has 4 heteroatoms. The summed E-state index contributed by atoms with van der Waals surface area (Å²) in [6, 6.07) is 18.3. The van der Waals surface area contributed by atoms with Crippen molar-refractivity contribution in [2.75, 3.05) is 19.6 Å². The average molecular weight is 309 g/mol. The molecule has 1 N–H and O–H groups in total. The zero-order valence-electron chi connectivity index (χ0n) is 13.5. The molecule has 0 saturated carbocycles. The quantitative estimate of drug-likeness (QED) is 0.891. The third-order valence-electron chi connectivity index (χ3n) is 4.01. The molecule has 120 valence electrons. The maximum atomic E-state index is 5.88. The average Bonchev–Trinajstić information content (AvgIpc) is 3.07. The van der Waals surface area contributed by atoms with Crippen molar-refractivity contribution in [3.63, 3.8) is 0 Å². The first-order chi connectivity index (χ1) is 11.4. The second-order valence-electron chi connectivity index (χ2n) is 5.51. The molecule has 0 aromatic heterocycles. The highest BCUT2D eigenvalue weighted by atomic mass is 16.5. The summed E-state index contributed by atoms with van der Waals surface area (Å²) in [6.07, 6.45) is 0. The lowest BCUT2D eigenvalue weighted by Gasteiger charge is -2.19. The van der Waals surface area contributed by atoms with Crippen molar-refractivity contribution in [1.29, 1.82) is 0 Å². The number of rotatable bonds is 6. The minimum atomic E-state index is 0.575. The molecule has 0 spiro atoms. The van der Waals surface area contributed by atoms with Gasteiger partial charge in [-0.15, -0.1) is 0 Å². The maximum Gasteiger partial charge on any atom is 0.194 e. The molecule has 0 radical (unpaired) electrons. The number of hydrogen-bond donors (Lipinski definition) is 1. The van der Waals surface area contributed by atoms with E-state index in [1.807, 2.05) is 30.3 Å².